The summed E-state index contributed by atoms with van der Waals surface area (Å²) in [7, 11) is 0. The lowest BCUT2D eigenvalue weighted by molar-refractivity contribution is 0.324. The van der Waals surface area contributed by atoms with Gasteiger partial charge in [-0.3, -0.25) is 0 Å². The Morgan fingerprint density at radius 1 is 1.30 bits per heavy atom. The number of aromatic nitrogens is 2. The van der Waals surface area contributed by atoms with Gasteiger partial charge in [0.2, 0.25) is 5.89 Å². The number of rotatable bonds is 3. The van der Waals surface area contributed by atoms with E-state index in [1.54, 1.807) is 0 Å². The number of thioether (sulfide) groups is 1. The lowest BCUT2D eigenvalue weighted by Crippen LogP contribution is -2.30. The number of fused-ring (bicyclic) bond motifs is 1. The van der Waals surface area contributed by atoms with Gasteiger partial charge in [0.25, 0.3) is 0 Å². The fourth-order valence-electron chi connectivity index (χ4n) is 3.26. The fraction of sp³-hybridized carbons (Fsp3) is 0.867. The molecule has 112 valence electrons. The molecule has 3 unspecified atom stereocenters. The van der Waals surface area contributed by atoms with Gasteiger partial charge in [-0.1, -0.05) is 38.8 Å². The van der Waals surface area contributed by atoms with E-state index in [9.17, 15) is 0 Å². The summed E-state index contributed by atoms with van der Waals surface area (Å²) >= 11 is 1.86. The number of hydrogen-bond donors (Lipinski definition) is 1. The van der Waals surface area contributed by atoms with Crippen LogP contribution in [0, 0.1) is 5.92 Å². The maximum absolute atomic E-state index is 5.48. The average molecular weight is 295 g/mol. The van der Waals surface area contributed by atoms with Gasteiger partial charge in [0.15, 0.2) is 5.82 Å². The third kappa shape index (κ3) is 3.37. The van der Waals surface area contributed by atoms with Gasteiger partial charge in [-0.2, -0.15) is 4.98 Å². The van der Waals surface area contributed by atoms with Gasteiger partial charge in [0.1, 0.15) is 0 Å². The lowest BCUT2D eigenvalue weighted by atomic mass is 9.85. The smallest absolute Gasteiger partial charge is 0.243 e. The molecule has 1 aliphatic heterocycles. The predicted octanol–water partition coefficient (Wildman–Crippen LogP) is 3.69. The molecule has 1 saturated carbocycles. The molecule has 0 spiro atoms. The molecule has 1 aromatic rings. The van der Waals surface area contributed by atoms with Gasteiger partial charge in [-0.25, -0.2) is 0 Å². The van der Waals surface area contributed by atoms with Crippen LogP contribution in [-0.2, 0) is 5.75 Å². The molecular formula is C15H25N3OS. The monoisotopic (exact) mass is 295 g/mol. The van der Waals surface area contributed by atoms with E-state index < -0.39 is 0 Å². The van der Waals surface area contributed by atoms with E-state index >= 15 is 0 Å². The highest BCUT2D eigenvalue weighted by molar-refractivity contribution is 7.99. The van der Waals surface area contributed by atoms with Crippen molar-refractivity contribution in [3.63, 3.8) is 0 Å². The van der Waals surface area contributed by atoms with Crippen molar-refractivity contribution in [2.45, 2.75) is 75.5 Å². The van der Waals surface area contributed by atoms with Gasteiger partial charge >= 0.3 is 0 Å². The Balaban J connectivity index is 1.60. The largest absolute Gasteiger partial charge is 0.338 e. The van der Waals surface area contributed by atoms with Crippen molar-refractivity contribution in [2.24, 2.45) is 5.92 Å². The predicted molar refractivity (Wildman–Crippen MR) is 81.6 cm³/mol. The first-order chi connectivity index (χ1) is 9.51. The van der Waals surface area contributed by atoms with E-state index in [2.05, 4.69) is 36.2 Å². The third-order valence-electron chi connectivity index (χ3n) is 4.28. The zero-order valence-electron chi connectivity index (χ0n) is 12.7. The minimum absolute atomic E-state index is 0.237. The number of hydrogen-bond acceptors (Lipinski definition) is 5. The van der Waals surface area contributed by atoms with Crippen LogP contribution in [0.15, 0.2) is 4.52 Å². The minimum atomic E-state index is 0.237. The summed E-state index contributed by atoms with van der Waals surface area (Å²) in [6.45, 7) is 6.63. The van der Waals surface area contributed by atoms with Crippen molar-refractivity contribution in [3.8, 4) is 0 Å². The third-order valence-corrected chi connectivity index (χ3v) is 5.55. The zero-order chi connectivity index (χ0) is 14.2. The SMILES string of the molecule is CC(C)(C)SCc1noc(C2CC3CCCCC3N2)n1. The summed E-state index contributed by atoms with van der Waals surface area (Å²) in [4.78, 5) is 4.59. The number of nitrogens with one attached hydrogen (secondary N) is 1. The summed E-state index contributed by atoms with van der Waals surface area (Å²) in [6.07, 6.45) is 6.57. The van der Waals surface area contributed by atoms with E-state index in [1.807, 2.05) is 11.8 Å². The van der Waals surface area contributed by atoms with Crippen LogP contribution in [0.1, 0.15) is 70.6 Å². The first-order valence-electron chi connectivity index (χ1n) is 7.74. The van der Waals surface area contributed by atoms with Crippen LogP contribution in [0.5, 0.6) is 0 Å². The molecule has 2 heterocycles. The van der Waals surface area contributed by atoms with Crippen molar-refractivity contribution in [1.82, 2.24) is 15.5 Å². The van der Waals surface area contributed by atoms with Crippen molar-refractivity contribution in [2.75, 3.05) is 0 Å². The molecule has 1 saturated heterocycles. The van der Waals surface area contributed by atoms with Crippen molar-refractivity contribution >= 4 is 11.8 Å². The fourth-order valence-corrected chi connectivity index (χ4v) is 3.94. The van der Waals surface area contributed by atoms with Gasteiger partial charge in [0, 0.05) is 10.8 Å². The van der Waals surface area contributed by atoms with Gasteiger partial charge in [0.05, 0.1) is 11.8 Å². The molecule has 1 N–H and O–H groups in total. The highest BCUT2D eigenvalue weighted by Gasteiger charge is 2.38. The topological polar surface area (TPSA) is 51.0 Å². The second kappa shape index (κ2) is 5.68. The molecule has 0 bridgehead atoms. The Labute approximate surface area is 125 Å². The lowest BCUT2D eigenvalue weighted by Gasteiger charge is -2.24. The Morgan fingerprint density at radius 2 is 2.10 bits per heavy atom. The van der Waals surface area contributed by atoms with Crippen LogP contribution in [0.3, 0.4) is 0 Å². The first-order valence-corrected chi connectivity index (χ1v) is 8.72. The summed E-state index contributed by atoms with van der Waals surface area (Å²) in [5.41, 5.74) is 0. The van der Waals surface area contributed by atoms with E-state index in [-0.39, 0.29) is 10.8 Å². The summed E-state index contributed by atoms with van der Waals surface area (Å²) < 4.78 is 5.72. The summed E-state index contributed by atoms with van der Waals surface area (Å²) in [6, 6.07) is 0.956. The molecular weight excluding hydrogens is 270 g/mol. The molecule has 5 heteroatoms. The number of nitrogens with zero attached hydrogens (tertiary/aromatic N) is 2. The molecule has 2 aliphatic rings. The second-order valence-electron chi connectivity index (χ2n) is 7.06. The molecule has 0 amide bonds. The highest BCUT2D eigenvalue weighted by atomic mass is 32.2. The molecule has 0 radical (unpaired) electrons. The van der Waals surface area contributed by atoms with Crippen molar-refractivity contribution in [1.29, 1.82) is 0 Å². The molecule has 4 nitrogen and oxygen atoms in total. The second-order valence-corrected chi connectivity index (χ2v) is 8.86. The molecule has 20 heavy (non-hydrogen) atoms. The highest BCUT2D eigenvalue weighted by Crippen LogP contribution is 2.38. The normalized spacial score (nSPS) is 30.4. The maximum atomic E-state index is 5.48. The molecule has 3 atom stereocenters. The maximum Gasteiger partial charge on any atom is 0.243 e. The standard InChI is InChI=1S/C15H25N3OS/c1-15(2,3)20-9-13-17-14(19-18-13)12-8-10-6-4-5-7-11(10)16-12/h10-12,16H,4-9H2,1-3H3. The average Bonchev–Trinajstić information content (AvgIpc) is 3.01. The zero-order valence-corrected chi connectivity index (χ0v) is 13.5. The minimum Gasteiger partial charge on any atom is -0.338 e. The molecule has 0 aromatic carbocycles. The van der Waals surface area contributed by atoms with Crippen LogP contribution in [0.4, 0.5) is 0 Å². The van der Waals surface area contributed by atoms with E-state index in [4.69, 9.17) is 4.52 Å². The van der Waals surface area contributed by atoms with Gasteiger partial charge in [-0.05, 0) is 25.2 Å². The van der Waals surface area contributed by atoms with Crippen molar-refractivity contribution in [3.05, 3.63) is 11.7 Å². The van der Waals surface area contributed by atoms with Crippen LogP contribution in [-0.4, -0.2) is 20.9 Å². The Kier molecular flexibility index (Phi) is 4.09. The van der Waals surface area contributed by atoms with E-state index in [0.29, 0.717) is 6.04 Å². The Bertz CT molecular complexity index is 440. The first kappa shape index (κ1) is 14.4. The van der Waals surface area contributed by atoms with Gasteiger partial charge < -0.3 is 9.84 Å². The van der Waals surface area contributed by atoms with Crippen LogP contribution >= 0.6 is 11.8 Å². The quantitative estimate of drug-likeness (QED) is 0.921. The van der Waals surface area contributed by atoms with Crippen LogP contribution in [0.25, 0.3) is 0 Å². The van der Waals surface area contributed by atoms with Crippen LogP contribution < -0.4 is 5.32 Å². The molecule has 2 fully saturated rings. The summed E-state index contributed by atoms with van der Waals surface area (Å²) in [5.74, 6) is 3.26. The van der Waals surface area contributed by atoms with Crippen LogP contribution in [0.2, 0.25) is 0 Å². The Hall–Kier alpha value is -0.550. The molecule has 1 aliphatic carbocycles. The van der Waals surface area contributed by atoms with Crippen molar-refractivity contribution < 1.29 is 4.52 Å². The van der Waals surface area contributed by atoms with E-state index in [0.717, 1.165) is 23.4 Å². The van der Waals surface area contributed by atoms with Gasteiger partial charge in [-0.15, -0.1) is 11.8 Å². The molecule has 3 rings (SSSR count). The van der Waals surface area contributed by atoms with E-state index in [1.165, 1.54) is 32.1 Å². The summed E-state index contributed by atoms with van der Waals surface area (Å²) in [5, 5.41) is 7.83. The Morgan fingerprint density at radius 3 is 2.85 bits per heavy atom. The molecule has 1 aromatic heterocycles.